The minimum atomic E-state index is 0.0804. The van der Waals surface area contributed by atoms with Crippen molar-refractivity contribution in [2.24, 2.45) is 0 Å². The summed E-state index contributed by atoms with van der Waals surface area (Å²) in [6.07, 6.45) is 5.94. The van der Waals surface area contributed by atoms with Crippen LogP contribution in [0.15, 0.2) is 18.3 Å². The summed E-state index contributed by atoms with van der Waals surface area (Å²) in [5, 5.41) is 6.19. The van der Waals surface area contributed by atoms with E-state index in [0.29, 0.717) is 12.5 Å². The molecule has 0 aromatic carbocycles. The SMILES string of the molecule is O=C(CC1CCCCN1)Nc1ccc[nH]1. The van der Waals surface area contributed by atoms with Gasteiger partial charge in [-0.2, -0.15) is 0 Å². The highest BCUT2D eigenvalue weighted by molar-refractivity contribution is 5.90. The summed E-state index contributed by atoms with van der Waals surface area (Å²) in [5.74, 6) is 0.854. The van der Waals surface area contributed by atoms with Crippen molar-refractivity contribution in [2.45, 2.75) is 31.7 Å². The fraction of sp³-hybridized carbons (Fsp3) is 0.545. The molecule has 0 aliphatic carbocycles. The molecule has 1 aliphatic heterocycles. The topological polar surface area (TPSA) is 56.9 Å². The highest BCUT2D eigenvalue weighted by Crippen LogP contribution is 2.11. The Morgan fingerprint density at radius 1 is 1.53 bits per heavy atom. The van der Waals surface area contributed by atoms with Crippen LogP contribution in [0.1, 0.15) is 25.7 Å². The van der Waals surface area contributed by atoms with E-state index in [-0.39, 0.29) is 5.91 Å². The van der Waals surface area contributed by atoms with E-state index in [1.165, 1.54) is 12.8 Å². The number of nitrogens with one attached hydrogen (secondary N) is 3. The molecule has 0 radical (unpaired) electrons. The van der Waals surface area contributed by atoms with E-state index < -0.39 is 0 Å². The van der Waals surface area contributed by atoms with Gasteiger partial charge < -0.3 is 15.6 Å². The van der Waals surface area contributed by atoms with E-state index in [4.69, 9.17) is 0 Å². The molecule has 1 aliphatic rings. The predicted molar refractivity (Wildman–Crippen MR) is 59.7 cm³/mol. The third-order valence-electron chi connectivity index (χ3n) is 2.72. The van der Waals surface area contributed by atoms with Gasteiger partial charge in [-0.25, -0.2) is 0 Å². The number of piperidine rings is 1. The fourth-order valence-corrected chi connectivity index (χ4v) is 1.93. The van der Waals surface area contributed by atoms with Gasteiger partial charge in [0.1, 0.15) is 5.82 Å². The molecule has 1 unspecified atom stereocenters. The summed E-state index contributed by atoms with van der Waals surface area (Å²) < 4.78 is 0. The van der Waals surface area contributed by atoms with Crippen LogP contribution in [-0.4, -0.2) is 23.5 Å². The van der Waals surface area contributed by atoms with Crippen LogP contribution in [0.25, 0.3) is 0 Å². The first-order valence-electron chi connectivity index (χ1n) is 5.51. The van der Waals surface area contributed by atoms with E-state index in [2.05, 4.69) is 15.6 Å². The molecule has 1 saturated heterocycles. The molecule has 4 nitrogen and oxygen atoms in total. The summed E-state index contributed by atoms with van der Waals surface area (Å²) in [7, 11) is 0. The predicted octanol–water partition coefficient (Wildman–Crippen LogP) is 1.49. The van der Waals surface area contributed by atoms with E-state index in [0.717, 1.165) is 18.8 Å². The van der Waals surface area contributed by atoms with Gasteiger partial charge in [-0.05, 0) is 31.5 Å². The second-order valence-corrected chi connectivity index (χ2v) is 3.98. The lowest BCUT2D eigenvalue weighted by Crippen LogP contribution is -2.36. The number of hydrogen-bond donors (Lipinski definition) is 3. The van der Waals surface area contributed by atoms with Gasteiger partial charge in [0.25, 0.3) is 0 Å². The molecule has 4 heteroatoms. The van der Waals surface area contributed by atoms with Crippen molar-refractivity contribution in [1.29, 1.82) is 0 Å². The van der Waals surface area contributed by atoms with Crippen LogP contribution in [-0.2, 0) is 4.79 Å². The minimum absolute atomic E-state index is 0.0804. The first kappa shape index (κ1) is 10.2. The first-order valence-corrected chi connectivity index (χ1v) is 5.51. The Labute approximate surface area is 89.5 Å². The third kappa shape index (κ3) is 3.09. The van der Waals surface area contributed by atoms with Gasteiger partial charge in [0.05, 0.1) is 0 Å². The largest absolute Gasteiger partial charge is 0.348 e. The molecule has 1 atom stereocenters. The van der Waals surface area contributed by atoms with E-state index in [9.17, 15) is 4.79 Å². The van der Waals surface area contributed by atoms with E-state index >= 15 is 0 Å². The second-order valence-electron chi connectivity index (χ2n) is 3.98. The van der Waals surface area contributed by atoms with Crippen molar-refractivity contribution >= 4 is 11.7 Å². The number of H-pyrrole nitrogens is 1. The van der Waals surface area contributed by atoms with Crippen molar-refractivity contribution in [2.75, 3.05) is 11.9 Å². The number of carbonyl (C=O) groups is 1. The zero-order valence-electron chi connectivity index (χ0n) is 8.75. The summed E-state index contributed by atoms with van der Waals surface area (Å²) in [4.78, 5) is 14.6. The number of aromatic nitrogens is 1. The highest BCUT2D eigenvalue weighted by atomic mass is 16.1. The Hall–Kier alpha value is -1.29. The fourth-order valence-electron chi connectivity index (χ4n) is 1.93. The highest BCUT2D eigenvalue weighted by Gasteiger charge is 2.16. The Bertz CT molecular complexity index is 302. The Kier molecular flexibility index (Phi) is 3.40. The smallest absolute Gasteiger partial charge is 0.227 e. The standard InChI is InChI=1S/C11H17N3O/c15-11(14-10-5-3-7-13-10)8-9-4-1-2-6-12-9/h3,5,7,9,12-13H,1-2,4,6,8H2,(H,14,15). The monoisotopic (exact) mass is 207 g/mol. The number of anilines is 1. The van der Waals surface area contributed by atoms with Gasteiger partial charge in [0.15, 0.2) is 0 Å². The molecule has 1 fully saturated rings. The first-order chi connectivity index (χ1) is 7.34. The maximum atomic E-state index is 11.6. The van der Waals surface area contributed by atoms with Crippen molar-refractivity contribution in [3.63, 3.8) is 0 Å². The molecule has 3 N–H and O–H groups in total. The minimum Gasteiger partial charge on any atom is -0.348 e. The molecule has 1 aromatic heterocycles. The second kappa shape index (κ2) is 4.98. The molecular weight excluding hydrogens is 190 g/mol. The summed E-state index contributed by atoms with van der Waals surface area (Å²) in [6.45, 7) is 1.04. The van der Waals surface area contributed by atoms with Crippen molar-refractivity contribution < 1.29 is 4.79 Å². The van der Waals surface area contributed by atoms with Gasteiger partial charge in [-0.15, -0.1) is 0 Å². The molecule has 2 rings (SSSR count). The van der Waals surface area contributed by atoms with E-state index in [1.807, 2.05) is 12.1 Å². The van der Waals surface area contributed by atoms with Crippen LogP contribution >= 0.6 is 0 Å². The van der Waals surface area contributed by atoms with Crippen molar-refractivity contribution in [1.82, 2.24) is 10.3 Å². The lowest BCUT2D eigenvalue weighted by atomic mass is 10.0. The van der Waals surface area contributed by atoms with Crippen molar-refractivity contribution in [3.05, 3.63) is 18.3 Å². The van der Waals surface area contributed by atoms with Gasteiger partial charge in [0, 0.05) is 18.7 Å². The van der Waals surface area contributed by atoms with Crippen LogP contribution in [0.2, 0.25) is 0 Å². The third-order valence-corrected chi connectivity index (χ3v) is 2.72. The maximum Gasteiger partial charge on any atom is 0.227 e. The number of amides is 1. The summed E-state index contributed by atoms with van der Waals surface area (Å²) in [5.41, 5.74) is 0. The molecule has 1 amide bonds. The van der Waals surface area contributed by atoms with Crippen molar-refractivity contribution in [3.8, 4) is 0 Å². The average molecular weight is 207 g/mol. The summed E-state index contributed by atoms with van der Waals surface area (Å²) in [6, 6.07) is 4.08. The molecular formula is C11H17N3O. The molecule has 0 bridgehead atoms. The quantitative estimate of drug-likeness (QED) is 0.703. The zero-order chi connectivity index (χ0) is 10.5. The molecule has 2 heterocycles. The Morgan fingerprint density at radius 3 is 3.13 bits per heavy atom. The lowest BCUT2D eigenvalue weighted by Gasteiger charge is -2.22. The molecule has 15 heavy (non-hydrogen) atoms. The molecule has 0 saturated carbocycles. The van der Waals surface area contributed by atoms with Crippen LogP contribution in [0.3, 0.4) is 0 Å². The van der Waals surface area contributed by atoms with Gasteiger partial charge in [0.2, 0.25) is 5.91 Å². The Morgan fingerprint density at radius 2 is 2.47 bits per heavy atom. The van der Waals surface area contributed by atoms with Crippen LogP contribution in [0.5, 0.6) is 0 Å². The number of rotatable bonds is 3. The number of aromatic amines is 1. The van der Waals surface area contributed by atoms with Crippen LogP contribution in [0, 0.1) is 0 Å². The average Bonchev–Trinajstić information content (AvgIpc) is 2.71. The van der Waals surface area contributed by atoms with Crippen LogP contribution in [0.4, 0.5) is 5.82 Å². The molecule has 82 valence electrons. The number of carbonyl (C=O) groups excluding carboxylic acids is 1. The maximum absolute atomic E-state index is 11.6. The van der Waals surface area contributed by atoms with E-state index in [1.54, 1.807) is 6.20 Å². The lowest BCUT2D eigenvalue weighted by molar-refractivity contribution is -0.116. The number of hydrogen-bond acceptors (Lipinski definition) is 2. The zero-order valence-corrected chi connectivity index (χ0v) is 8.75. The normalized spacial score (nSPS) is 21.2. The van der Waals surface area contributed by atoms with Crippen LogP contribution < -0.4 is 10.6 Å². The Balaban J connectivity index is 1.76. The summed E-state index contributed by atoms with van der Waals surface area (Å²) >= 11 is 0. The molecule has 1 aromatic rings. The van der Waals surface area contributed by atoms with Gasteiger partial charge >= 0.3 is 0 Å². The molecule has 0 spiro atoms. The van der Waals surface area contributed by atoms with Gasteiger partial charge in [-0.1, -0.05) is 6.42 Å². The van der Waals surface area contributed by atoms with Gasteiger partial charge in [-0.3, -0.25) is 4.79 Å².